The van der Waals surface area contributed by atoms with E-state index in [9.17, 15) is 0 Å². The average Bonchev–Trinajstić information content (AvgIpc) is 2.86. The molecule has 0 fully saturated rings. The van der Waals surface area contributed by atoms with E-state index >= 15 is 0 Å². The van der Waals surface area contributed by atoms with Crippen molar-refractivity contribution in [2.45, 2.75) is 6.54 Å². The van der Waals surface area contributed by atoms with Crippen LogP contribution in [0.3, 0.4) is 0 Å². The Labute approximate surface area is 125 Å². The first kappa shape index (κ1) is 12.2. The third-order valence-electron chi connectivity index (χ3n) is 2.73. The Morgan fingerprint density at radius 1 is 1.28 bits per heavy atom. The highest BCUT2D eigenvalue weighted by Gasteiger charge is 2.11. The van der Waals surface area contributed by atoms with Gasteiger partial charge in [0, 0.05) is 13.8 Å². The average molecular weight is 387 g/mol. The maximum Gasteiger partial charge on any atom is 0.201 e. The lowest BCUT2D eigenvalue weighted by Crippen LogP contribution is -2.03. The van der Waals surface area contributed by atoms with Crippen LogP contribution < -0.4 is 5.73 Å². The molecule has 1 aromatic carbocycles. The molecule has 3 nitrogen and oxygen atoms in total. The zero-order valence-electron chi connectivity index (χ0n) is 9.23. The molecule has 0 unspecified atom stereocenters. The predicted octanol–water partition coefficient (Wildman–Crippen LogP) is 4.25. The Balaban J connectivity index is 2.13. The number of anilines is 1. The van der Waals surface area contributed by atoms with Crippen molar-refractivity contribution in [2.75, 3.05) is 5.73 Å². The van der Waals surface area contributed by atoms with Gasteiger partial charge in [-0.3, -0.25) is 0 Å². The highest BCUT2D eigenvalue weighted by atomic mass is 79.9. The largest absolute Gasteiger partial charge is 0.369 e. The van der Waals surface area contributed by atoms with Gasteiger partial charge in [-0.05, 0) is 45.6 Å². The van der Waals surface area contributed by atoms with Gasteiger partial charge in [0.1, 0.15) is 0 Å². The quantitative estimate of drug-likeness (QED) is 0.715. The van der Waals surface area contributed by atoms with Gasteiger partial charge in [-0.2, -0.15) is 0 Å². The second kappa shape index (κ2) is 4.68. The molecule has 0 saturated heterocycles. The van der Waals surface area contributed by atoms with Crippen LogP contribution in [0.5, 0.6) is 0 Å². The molecule has 2 aromatic heterocycles. The highest BCUT2D eigenvalue weighted by molar-refractivity contribution is 9.10. The van der Waals surface area contributed by atoms with E-state index in [2.05, 4.69) is 42.2 Å². The van der Waals surface area contributed by atoms with Crippen molar-refractivity contribution in [2.24, 2.45) is 0 Å². The molecule has 0 amide bonds. The number of nitrogen functional groups attached to an aromatic ring is 1. The first-order valence-corrected chi connectivity index (χ1v) is 7.75. The van der Waals surface area contributed by atoms with Gasteiger partial charge in [-0.15, -0.1) is 11.3 Å². The minimum absolute atomic E-state index is 0.545. The Morgan fingerprint density at radius 3 is 2.83 bits per heavy atom. The molecule has 3 aromatic rings. The zero-order chi connectivity index (χ0) is 12.7. The zero-order valence-corrected chi connectivity index (χ0v) is 13.2. The summed E-state index contributed by atoms with van der Waals surface area (Å²) in [4.78, 5) is 5.61. The van der Waals surface area contributed by atoms with E-state index in [0.29, 0.717) is 5.95 Å². The summed E-state index contributed by atoms with van der Waals surface area (Å²) in [6.07, 6.45) is 0. The second-order valence-corrected chi connectivity index (χ2v) is 6.65. The molecule has 18 heavy (non-hydrogen) atoms. The summed E-state index contributed by atoms with van der Waals surface area (Å²) in [5.41, 5.74) is 7.96. The summed E-state index contributed by atoms with van der Waals surface area (Å²) < 4.78 is 4.17. The van der Waals surface area contributed by atoms with Gasteiger partial charge in [-0.25, -0.2) is 4.98 Å². The van der Waals surface area contributed by atoms with Crippen molar-refractivity contribution < 1.29 is 0 Å². The number of imidazole rings is 1. The predicted molar refractivity (Wildman–Crippen MR) is 83.0 cm³/mol. The second-order valence-electron chi connectivity index (χ2n) is 3.88. The molecular formula is C12H9Br2N3S. The number of nitrogens with zero attached hydrogens (tertiary/aromatic N) is 2. The topological polar surface area (TPSA) is 43.8 Å². The monoisotopic (exact) mass is 385 g/mol. The number of hydrogen-bond donors (Lipinski definition) is 1. The number of aromatic nitrogens is 2. The van der Waals surface area contributed by atoms with Crippen molar-refractivity contribution in [3.8, 4) is 0 Å². The normalized spacial score (nSPS) is 11.2. The molecule has 0 aliphatic carbocycles. The van der Waals surface area contributed by atoms with Crippen molar-refractivity contribution >= 4 is 60.2 Å². The van der Waals surface area contributed by atoms with Crippen molar-refractivity contribution in [3.63, 3.8) is 0 Å². The van der Waals surface area contributed by atoms with Crippen LogP contribution in [-0.4, -0.2) is 9.55 Å². The van der Waals surface area contributed by atoms with Crippen LogP contribution in [0.4, 0.5) is 5.95 Å². The lowest BCUT2D eigenvalue weighted by atomic mass is 10.3. The first-order valence-electron chi connectivity index (χ1n) is 5.28. The Hall–Kier alpha value is -0.850. The number of fused-ring (bicyclic) bond motifs is 1. The van der Waals surface area contributed by atoms with Crippen LogP contribution in [-0.2, 0) is 6.54 Å². The number of thiophene rings is 1. The number of halogens is 2. The Bertz CT molecular complexity index is 717. The minimum atomic E-state index is 0.545. The molecule has 0 aliphatic rings. The summed E-state index contributed by atoms with van der Waals surface area (Å²) in [5, 5.41) is 2.06. The van der Waals surface area contributed by atoms with Gasteiger partial charge in [0.15, 0.2) is 0 Å². The van der Waals surface area contributed by atoms with Crippen LogP contribution in [0, 0.1) is 0 Å². The van der Waals surface area contributed by atoms with E-state index < -0.39 is 0 Å². The first-order chi connectivity index (χ1) is 8.65. The molecule has 0 aliphatic heterocycles. The van der Waals surface area contributed by atoms with Crippen molar-refractivity contribution in [3.05, 3.63) is 43.5 Å². The molecule has 6 heteroatoms. The van der Waals surface area contributed by atoms with Gasteiger partial charge >= 0.3 is 0 Å². The van der Waals surface area contributed by atoms with Gasteiger partial charge in [0.05, 0.1) is 17.6 Å². The van der Waals surface area contributed by atoms with E-state index in [4.69, 9.17) is 5.73 Å². The SMILES string of the molecule is Nc1nc2ccc(Br)cc2n1Cc1sccc1Br. The molecule has 0 saturated carbocycles. The molecule has 3 rings (SSSR count). The van der Waals surface area contributed by atoms with Crippen LogP contribution in [0.1, 0.15) is 4.88 Å². The van der Waals surface area contributed by atoms with E-state index in [1.807, 2.05) is 28.8 Å². The summed E-state index contributed by atoms with van der Waals surface area (Å²) in [5.74, 6) is 0.545. The summed E-state index contributed by atoms with van der Waals surface area (Å²) >= 11 is 8.73. The van der Waals surface area contributed by atoms with E-state index in [-0.39, 0.29) is 0 Å². The molecule has 92 valence electrons. The van der Waals surface area contributed by atoms with Crippen LogP contribution >= 0.6 is 43.2 Å². The van der Waals surface area contributed by atoms with Crippen molar-refractivity contribution in [1.29, 1.82) is 0 Å². The molecular weight excluding hydrogens is 378 g/mol. The maximum absolute atomic E-state index is 6.00. The van der Waals surface area contributed by atoms with E-state index in [1.54, 1.807) is 11.3 Å². The lowest BCUT2D eigenvalue weighted by molar-refractivity contribution is 0.850. The van der Waals surface area contributed by atoms with Gasteiger partial charge < -0.3 is 10.3 Å². The van der Waals surface area contributed by atoms with Gasteiger partial charge in [0.2, 0.25) is 5.95 Å². The van der Waals surface area contributed by atoms with Crippen molar-refractivity contribution in [1.82, 2.24) is 9.55 Å². The number of rotatable bonds is 2. The molecule has 2 heterocycles. The molecule has 0 radical (unpaired) electrons. The van der Waals surface area contributed by atoms with Gasteiger partial charge in [-0.1, -0.05) is 15.9 Å². The summed E-state index contributed by atoms with van der Waals surface area (Å²) in [7, 11) is 0. The Kier molecular flexibility index (Phi) is 3.17. The molecule has 0 atom stereocenters. The van der Waals surface area contributed by atoms with E-state index in [0.717, 1.165) is 26.5 Å². The lowest BCUT2D eigenvalue weighted by Gasteiger charge is -2.05. The van der Waals surface area contributed by atoms with Gasteiger partial charge in [0.25, 0.3) is 0 Å². The number of hydrogen-bond acceptors (Lipinski definition) is 3. The Morgan fingerprint density at radius 2 is 2.11 bits per heavy atom. The fraction of sp³-hybridized carbons (Fsp3) is 0.0833. The summed E-state index contributed by atoms with van der Waals surface area (Å²) in [6, 6.07) is 8.03. The number of benzene rings is 1. The van der Waals surface area contributed by atoms with Crippen LogP contribution in [0.25, 0.3) is 11.0 Å². The van der Waals surface area contributed by atoms with Crippen LogP contribution in [0.2, 0.25) is 0 Å². The van der Waals surface area contributed by atoms with E-state index in [1.165, 1.54) is 4.88 Å². The maximum atomic E-state index is 6.00. The third-order valence-corrected chi connectivity index (χ3v) is 5.14. The third kappa shape index (κ3) is 2.08. The summed E-state index contributed by atoms with van der Waals surface area (Å²) in [6.45, 7) is 0.733. The minimum Gasteiger partial charge on any atom is -0.369 e. The molecule has 2 N–H and O–H groups in total. The smallest absolute Gasteiger partial charge is 0.201 e. The molecule has 0 bridgehead atoms. The fourth-order valence-electron chi connectivity index (χ4n) is 1.86. The fourth-order valence-corrected chi connectivity index (χ4v) is 3.68. The standard InChI is InChI=1S/C12H9Br2N3S/c13-7-1-2-9-10(5-7)17(12(15)16-9)6-11-8(14)3-4-18-11/h1-5H,6H2,(H2,15,16). The number of nitrogens with two attached hydrogens (primary N) is 1. The van der Waals surface area contributed by atoms with Crippen LogP contribution in [0.15, 0.2) is 38.6 Å². The molecule has 0 spiro atoms. The highest BCUT2D eigenvalue weighted by Crippen LogP contribution is 2.28.